The van der Waals surface area contributed by atoms with Crippen LogP contribution in [0.4, 0.5) is 0 Å². The zero-order valence-electron chi connectivity index (χ0n) is 22.3. The maximum absolute atomic E-state index is 13.8. The van der Waals surface area contributed by atoms with Crippen LogP contribution in [0.25, 0.3) is 44.2 Å². The summed E-state index contributed by atoms with van der Waals surface area (Å²) in [6.45, 7) is 0. The molecule has 5 nitrogen and oxygen atoms in total. The molecule has 0 radical (unpaired) electrons. The van der Waals surface area contributed by atoms with Gasteiger partial charge in [-0.2, -0.15) is 0 Å². The van der Waals surface area contributed by atoms with Crippen LogP contribution < -0.4 is 0 Å². The molecule has 2 heterocycles. The second-order valence-corrected chi connectivity index (χ2v) is 12.7. The molecule has 0 saturated carbocycles. The molecule has 5 aromatic carbocycles. The lowest BCUT2D eigenvalue weighted by molar-refractivity contribution is 0.0993. The average Bonchev–Trinajstić information content (AvgIpc) is 3.64. The lowest BCUT2D eigenvalue weighted by Gasteiger charge is -2.09. The Morgan fingerprint density at radius 2 is 1.29 bits per heavy atom. The third-order valence-electron chi connectivity index (χ3n) is 7.38. The number of ketones is 1. The van der Waals surface area contributed by atoms with Crippen molar-refractivity contribution < 1.29 is 13.2 Å². The minimum Gasteiger partial charge on any atom is -0.294 e. The molecule has 0 unspecified atom stereocenters. The van der Waals surface area contributed by atoms with Gasteiger partial charge in [-0.15, -0.1) is 11.3 Å². The number of carbonyl (C=O) groups is 1. The average molecular weight is 585 g/mol. The number of benzene rings is 5. The van der Waals surface area contributed by atoms with E-state index in [1.807, 2.05) is 102 Å². The first kappa shape index (κ1) is 26.1. The lowest BCUT2D eigenvalue weighted by Crippen LogP contribution is -2.12. The Morgan fingerprint density at radius 3 is 2.05 bits per heavy atom. The summed E-state index contributed by atoms with van der Waals surface area (Å²) < 4.78 is 29.1. The Hall–Kier alpha value is -4.85. The zero-order valence-corrected chi connectivity index (χ0v) is 24.0. The second kappa shape index (κ2) is 10.5. The molecule has 0 bridgehead atoms. The van der Waals surface area contributed by atoms with Crippen molar-refractivity contribution in [2.24, 2.45) is 0 Å². The normalized spacial score (nSPS) is 11.7. The van der Waals surface area contributed by atoms with Gasteiger partial charge in [0.1, 0.15) is 5.01 Å². The lowest BCUT2D eigenvalue weighted by atomic mass is 10.0. The third-order valence-corrected chi connectivity index (χ3v) is 9.98. The Morgan fingerprint density at radius 1 is 0.667 bits per heavy atom. The molecule has 0 fully saturated rings. The van der Waals surface area contributed by atoms with E-state index >= 15 is 0 Å². The molecular weight excluding hydrogens is 561 g/mol. The molecule has 204 valence electrons. The Kier molecular flexibility index (Phi) is 6.53. The van der Waals surface area contributed by atoms with Gasteiger partial charge in [0.25, 0.3) is 10.0 Å². The molecule has 0 saturated heterocycles. The number of hydrogen-bond donors (Lipinski definition) is 0. The van der Waals surface area contributed by atoms with Gasteiger partial charge >= 0.3 is 0 Å². The number of Topliss-reactive ketones (excluding diaryl/α,β-unsaturated/α-hetero) is 1. The van der Waals surface area contributed by atoms with Crippen molar-refractivity contribution in [2.75, 3.05) is 0 Å². The van der Waals surface area contributed by atoms with Crippen LogP contribution in [-0.2, 0) is 16.4 Å². The number of hydrogen-bond acceptors (Lipinski definition) is 5. The number of fused-ring (bicyclic) bond motifs is 3. The number of rotatable bonds is 7. The molecule has 0 aliphatic heterocycles. The molecule has 0 atom stereocenters. The van der Waals surface area contributed by atoms with Crippen LogP contribution >= 0.6 is 11.3 Å². The van der Waals surface area contributed by atoms with Crippen molar-refractivity contribution in [3.8, 4) is 22.4 Å². The molecule has 7 heteroatoms. The highest BCUT2D eigenvalue weighted by molar-refractivity contribution is 7.90. The van der Waals surface area contributed by atoms with E-state index in [0.717, 1.165) is 27.5 Å². The van der Waals surface area contributed by atoms with Crippen LogP contribution in [0.1, 0.15) is 15.4 Å². The number of nitrogens with zero attached hydrogens (tertiary/aromatic N) is 2. The summed E-state index contributed by atoms with van der Waals surface area (Å²) in [4.78, 5) is 18.1. The van der Waals surface area contributed by atoms with Gasteiger partial charge in [0.05, 0.1) is 28.0 Å². The van der Waals surface area contributed by atoms with E-state index in [1.54, 1.807) is 30.3 Å². The molecule has 0 N–H and O–H groups in total. The largest absolute Gasteiger partial charge is 0.294 e. The fourth-order valence-electron chi connectivity index (χ4n) is 5.30. The molecule has 0 spiro atoms. The van der Waals surface area contributed by atoms with Crippen molar-refractivity contribution in [3.05, 3.63) is 143 Å². The molecule has 7 aromatic rings. The van der Waals surface area contributed by atoms with Crippen LogP contribution in [0.15, 0.2) is 138 Å². The fourth-order valence-corrected chi connectivity index (χ4v) is 7.64. The predicted octanol–water partition coefficient (Wildman–Crippen LogP) is 8.25. The summed E-state index contributed by atoms with van der Waals surface area (Å²) >= 11 is 1.43. The van der Waals surface area contributed by atoms with Gasteiger partial charge in [-0.05, 0) is 35.4 Å². The predicted molar refractivity (Wildman–Crippen MR) is 169 cm³/mol. The minimum atomic E-state index is -3.86. The van der Waals surface area contributed by atoms with Crippen LogP contribution in [0.3, 0.4) is 0 Å². The molecule has 0 amide bonds. The zero-order chi connectivity index (χ0) is 28.7. The first-order valence-electron chi connectivity index (χ1n) is 13.5. The van der Waals surface area contributed by atoms with Crippen molar-refractivity contribution in [2.45, 2.75) is 11.3 Å². The minimum absolute atomic E-state index is 0.0000410. The maximum Gasteiger partial charge on any atom is 0.268 e. The molecule has 0 aliphatic carbocycles. The molecule has 7 rings (SSSR count). The molecule has 42 heavy (non-hydrogen) atoms. The Balaban J connectivity index is 1.21. The number of para-hydroxylation sites is 1. The van der Waals surface area contributed by atoms with Crippen molar-refractivity contribution >= 4 is 48.9 Å². The molecular formula is C35H24N2O3S2. The number of thiazole rings is 1. The third kappa shape index (κ3) is 4.62. The maximum atomic E-state index is 13.8. The Labute approximate surface area is 247 Å². The standard InChI is InChI=1S/C35H24N2O3S2/c38-34(26-17-15-25(16-18-26)24-9-3-1-4-10-24)22-35-36-31(23-41-35)27-19-20-30-29-13-7-8-14-32(29)37(33(30)21-27)42(39,40)28-11-5-2-6-12-28/h1-21,23H,22H2. The van der Waals surface area contributed by atoms with Crippen LogP contribution in [-0.4, -0.2) is 23.2 Å². The highest BCUT2D eigenvalue weighted by atomic mass is 32.2. The van der Waals surface area contributed by atoms with Gasteiger partial charge in [-0.25, -0.2) is 17.4 Å². The Bertz CT molecular complexity index is 2180. The van der Waals surface area contributed by atoms with Crippen molar-refractivity contribution in [3.63, 3.8) is 0 Å². The van der Waals surface area contributed by atoms with Gasteiger partial charge in [0.2, 0.25) is 0 Å². The van der Waals surface area contributed by atoms with Crippen LogP contribution in [0.2, 0.25) is 0 Å². The van der Waals surface area contributed by atoms with Gasteiger partial charge < -0.3 is 0 Å². The van der Waals surface area contributed by atoms with Crippen molar-refractivity contribution in [1.29, 1.82) is 0 Å². The molecule has 0 aliphatic rings. The van der Waals surface area contributed by atoms with Crippen LogP contribution in [0, 0.1) is 0 Å². The van der Waals surface area contributed by atoms with Gasteiger partial charge in [0.15, 0.2) is 5.78 Å². The van der Waals surface area contributed by atoms with E-state index in [-0.39, 0.29) is 17.1 Å². The fraction of sp³-hybridized carbons (Fsp3) is 0.0286. The summed E-state index contributed by atoms with van der Waals surface area (Å²) in [5.41, 5.74) is 5.51. The highest BCUT2D eigenvalue weighted by Crippen LogP contribution is 2.35. The monoisotopic (exact) mass is 584 g/mol. The van der Waals surface area contributed by atoms with Gasteiger partial charge in [-0.1, -0.05) is 103 Å². The van der Waals surface area contributed by atoms with Crippen molar-refractivity contribution in [1.82, 2.24) is 8.96 Å². The summed E-state index contributed by atoms with van der Waals surface area (Å²) in [5.74, 6) is 0.0000410. The van der Waals surface area contributed by atoms with Gasteiger partial charge in [-0.3, -0.25) is 4.79 Å². The van der Waals surface area contributed by atoms with Gasteiger partial charge in [0, 0.05) is 27.3 Å². The second-order valence-electron chi connectivity index (χ2n) is 10.0. The topological polar surface area (TPSA) is 69.0 Å². The van der Waals surface area contributed by atoms with E-state index < -0.39 is 10.0 Å². The first-order chi connectivity index (χ1) is 20.5. The number of carbonyl (C=O) groups excluding carboxylic acids is 1. The first-order valence-corrected chi connectivity index (χ1v) is 15.8. The molecule has 2 aromatic heterocycles. The van der Waals surface area contributed by atoms with E-state index in [0.29, 0.717) is 27.3 Å². The quantitative estimate of drug-likeness (QED) is 0.177. The van der Waals surface area contributed by atoms with E-state index in [1.165, 1.54) is 15.3 Å². The number of aromatic nitrogens is 2. The summed E-state index contributed by atoms with van der Waals surface area (Å²) in [5, 5.41) is 4.33. The van der Waals surface area contributed by atoms with E-state index in [4.69, 9.17) is 4.98 Å². The summed E-state index contributed by atoms with van der Waals surface area (Å²) in [6, 6.07) is 39.5. The SMILES string of the molecule is O=C(Cc1nc(-c2ccc3c4ccccc4n(S(=O)(=O)c4ccccc4)c3c2)cs1)c1ccc(-c2ccccc2)cc1. The highest BCUT2D eigenvalue weighted by Gasteiger charge is 2.23. The summed E-state index contributed by atoms with van der Waals surface area (Å²) in [7, 11) is -3.86. The van der Waals surface area contributed by atoms with Crippen LogP contribution in [0.5, 0.6) is 0 Å². The van der Waals surface area contributed by atoms with E-state index in [2.05, 4.69) is 0 Å². The summed E-state index contributed by atoms with van der Waals surface area (Å²) in [6.07, 6.45) is 0.195. The van der Waals surface area contributed by atoms with E-state index in [9.17, 15) is 13.2 Å². The smallest absolute Gasteiger partial charge is 0.268 e.